The molecule has 1 N–H and O–H groups in total. The maximum atomic E-state index is 12.3. The second kappa shape index (κ2) is 6.45. The minimum absolute atomic E-state index is 0.0485. The number of thiazole rings is 1. The van der Waals surface area contributed by atoms with Crippen molar-refractivity contribution in [1.82, 2.24) is 4.98 Å². The number of aryl methyl sites for hydroxylation is 3. The van der Waals surface area contributed by atoms with Crippen LogP contribution in [0.1, 0.15) is 45.8 Å². The van der Waals surface area contributed by atoms with Crippen molar-refractivity contribution in [2.24, 2.45) is 0 Å². The number of aromatic nitrogens is 1. The highest BCUT2D eigenvalue weighted by Gasteiger charge is 2.18. The van der Waals surface area contributed by atoms with Crippen molar-refractivity contribution in [3.63, 3.8) is 0 Å². The molecule has 0 saturated carbocycles. The first kappa shape index (κ1) is 15.6. The Hall–Kier alpha value is -2.28. The number of fused-ring (bicyclic) bond motifs is 1. The zero-order valence-corrected chi connectivity index (χ0v) is 13.6. The first-order valence-electron chi connectivity index (χ1n) is 7.59. The van der Waals surface area contributed by atoms with Crippen LogP contribution in [0, 0.1) is 17.0 Å². The number of hydrogen-bond donors (Lipinski definition) is 1. The van der Waals surface area contributed by atoms with Gasteiger partial charge in [-0.2, -0.15) is 0 Å². The number of benzene rings is 1. The smallest absolute Gasteiger partial charge is 0.273 e. The van der Waals surface area contributed by atoms with Gasteiger partial charge in [0.2, 0.25) is 0 Å². The Labute approximate surface area is 137 Å². The third-order valence-corrected chi connectivity index (χ3v) is 5.06. The highest BCUT2D eigenvalue weighted by atomic mass is 32.1. The van der Waals surface area contributed by atoms with Crippen LogP contribution in [0.4, 0.5) is 10.8 Å². The van der Waals surface area contributed by atoms with Crippen LogP contribution in [0.2, 0.25) is 0 Å². The standard InChI is InChI=1S/C16H17N3O3S/c1-10-7-8-11(9-13(10)19(21)22)15(20)18-16-17-12-5-3-2-4-6-14(12)23-16/h7-9H,2-6H2,1H3,(H,17,18,20). The Kier molecular flexibility index (Phi) is 4.38. The molecule has 6 nitrogen and oxygen atoms in total. The number of nitrogens with zero attached hydrogens (tertiary/aromatic N) is 2. The Bertz CT molecular complexity index is 746. The van der Waals surface area contributed by atoms with Crippen LogP contribution >= 0.6 is 11.3 Å². The van der Waals surface area contributed by atoms with Crippen molar-refractivity contribution < 1.29 is 9.72 Å². The van der Waals surface area contributed by atoms with Gasteiger partial charge in [0.1, 0.15) is 0 Å². The minimum atomic E-state index is -0.474. The van der Waals surface area contributed by atoms with Gasteiger partial charge in [-0.15, -0.1) is 11.3 Å². The van der Waals surface area contributed by atoms with Crippen molar-refractivity contribution >= 4 is 28.1 Å². The molecule has 0 fully saturated rings. The molecule has 7 heteroatoms. The predicted molar refractivity (Wildman–Crippen MR) is 89.2 cm³/mol. The quantitative estimate of drug-likeness (QED) is 0.525. The highest BCUT2D eigenvalue weighted by molar-refractivity contribution is 7.15. The zero-order valence-electron chi connectivity index (χ0n) is 12.8. The second-order valence-corrected chi connectivity index (χ2v) is 6.75. The van der Waals surface area contributed by atoms with E-state index in [4.69, 9.17) is 0 Å². The highest BCUT2D eigenvalue weighted by Crippen LogP contribution is 2.29. The lowest BCUT2D eigenvalue weighted by Gasteiger charge is -2.03. The summed E-state index contributed by atoms with van der Waals surface area (Å²) in [6.07, 6.45) is 5.48. The Balaban J connectivity index is 1.79. The molecule has 1 aromatic heterocycles. The van der Waals surface area contributed by atoms with Gasteiger partial charge < -0.3 is 0 Å². The molecule has 0 unspecified atom stereocenters. The van der Waals surface area contributed by atoms with Crippen LogP contribution in [-0.4, -0.2) is 15.8 Å². The van der Waals surface area contributed by atoms with E-state index in [1.54, 1.807) is 19.1 Å². The number of carbonyl (C=O) groups excluding carboxylic acids is 1. The van der Waals surface area contributed by atoms with Crippen LogP contribution in [0.15, 0.2) is 18.2 Å². The second-order valence-electron chi connectivity index (χ2n) is 5.66. The molecule has 1 aliphatic rings. The van der Waals surface area contributed by atoms with Crippen LogP contribution in [-0.2, 0) is 12.8 Å². The van der Waals surface area contributed by atoms with E-state index in [1.807, 2.05) is 0 Å². The Morgan fingerprint density at radius 2 is 2.09 bits per heavy atom. The third-order valence-electron chi connectivity index (χ3n) is 3.98. The van der Waals surface area contributed by atoms with E-state index < -0.39 is 4.92 Å². The van der Waals surface area contributed by atoms with Gasteiger partial charge in [-0.05, 0) is 38.7 Å². The molecule has 120 valence electrons. The van der Waals surface area contributed by atoms with Crippen LogP contribution in [0.5, 0.6) is 0 Å². The monoisotopic (exact) mass is 331 g/mol. The largest absolute Gasteiger partial charge is 0.298 e. The third kappa shape index (κ3) is 3.39. The van der Waals surface area contributed by atoms with Crippen molar-refractivity contribution in [3.05, 3.63) is 50.0 Å². The van der Waals surface area contributed by atoms with E-state index in [1.165, 1.54) is 28.7 Å². The number of amides is 1. The topological polar surface area (TPSA) is 85.1 Å². The molecule has 0 bridgehead atoms. The summed E-state index contributed by atoms with van der Waals surface area (Å²) >= 11 is 1.51. The SMILES string of the molecule is Cc1ccc(C(=O)Nc2nc3c(s2)CCCCC3)cc1[N+](=O)[O-]. The van der Waals surface area contributed by atoms with Gasteiger partial charge in [-0.1, -0.05) is 12.5 Å². The molecular weight excluding hydrogens is 314 g/mol. The molecule has 0 atom stereocenters. The Morgan fingerprint density at radius 1 is 1.30 bits per heavy atom. The Morgan fingerprint density at radius 3 is 2.87 bits per heavy atom. The fourth-order valence-corrected chi connectivity index (χ4v) is 3.74. The summed E-state index contributed by atoms with van der Waals surface area (Å²) in [5.74, 6) is -0.364. The van der Waals surface area contributed by atoms with Gasteiger partial charge in [0.25, 0.3) is 11.6 Å². The van der Waals surface area contributed by atoms with E-state index in [9.17, 15) is 14.9 Å². The van der Waals surface area contributed by atoms with E-state index in [0.717, 1.165) is 31.4 Å². The number of rotatable bonds is 3. The number of nitrogens with one attached hydrogen (secondary N) is 1. The number of anilines is 1. The van der Waals surface area contributed by atoms with E-state index >= 15 is 0 Å². The lowest BCUT2D eigenvalue weighted by Crippen LogP contribution is -2.12. The molecule has 2 aromatic rings. The molecule has 1 heterocycles. The molecule has 1 aromatic carbocycles. The first-order valence-corrected chi connectivity index (χ1v) is 8.41. The summed E-state index contributed by atoms with van der Waals surface area (Å²) in [5.41, 5.74) is 1.84. The molecule has 1 aliphatic carbocycles. The van der Waals surface area contributed by atoms with Crippen molar-refractivity contribution in [3.8, 4) is 0 Å². The lowest BCUT2D eigenvalue weighted by atomic mass is 10.1. The maximum Gasteiger partial charge on any atom is 0.273 e. The summed E-state index contributed by atoms with van der Waals surface area (Å²) in [6, 6.07) is 4.49. The van der Waals surface area contributed by atoms with E-state index in [2.05, 4.69) is 10.3 Å². The van der Waals surface area contributed by atoms with Crippen LogP contribution in [0.3, 0.4) is 0 Å². The number of hydrogen-bond acceptors (Lipinski definition) is 5. The fraction of sp³-hybridized carbons (Fsp3) is 0.375. The van der Waals surface area contributed by atoms with Crippen molar-refractivity contribution in [2.75, 3.05) is 5.32 Å². The van der Waals surface area contributed by atoms with E-state index in [-0.39, 0.29) is 17.2 Å². The first-order chi connectivity index (χ1) is 11.0. The van der Waals surface area contributed by atoms with Gasteiger partial charge in [0.05, 0.1) is 10.6 Å². The average molecular weight is 331 g/mol. The van der Waals surface area contributed by atoms with Crippen LogP contribution in [0.25, 0.3) is 0 Å². The molecule has 3 rings (SSSR count). The van der Waals surface area contributed by atoms with Crippen molar-refractivity contribution in [1.29, 1.82) is 0 Å². The predicted octanol–water partition coefficient (Wildman–Crippen LogP) is 3.88. The van der Waals surface area contributed by atoms with Gasteiger partial charge in [0.15, 0.2) is 5.13 Å². The summed E-state index contributed by atoms with van der Waals surface area (Å²) in [6.45, 7) is 1.65. The van der Waals surface area contributed by atoms with Gasteiger partial charge in [-0.25, -0.2) is 4.98 Å². The maximum absolute atomic E-state index is 12.3. The number of nitro groups is 1. The van der Waals surface area contributed by atoms with E-state index in [0.29, 0.717) is 10.7 Å². The van der Waals surface area contributed by atoms with Gasteiger partial charge in [0, 0.05) is 22.1 Å². The molecule has 0 spiro atoms. The van der Waals surface area contributed by atoms with Crippen molar-refractivity contribution in [2.45, 2.75) is 39.0 Å². The summed E-state index contributed by atoms with van der Waals surface area (Å²) in [7, 11) is 0. The lowest BCUT2D eigenvalue weighted by molar-refractivity contribution is -0.385. The summed E-state index contributed by atoms with van der Waals surface area (Å²) < 4.78 is 0. The molecule has 0 saturated heterocycles. The van der Waals surface area contributed by atoms with Gasteiger partial charge >= 0.3 is 0 Å². The van der Waals surface area contributed by atoms with Gasteiger partial charge in [-0.3, -0.25) is 20.2 Å². The normalized spacial score (nSPS) is 14.0. The summed E-state index contributed by atoms with van der Waals surface area (Å²) in [4.78, 5) is 28.6. The average Bonchev–Trinajstić information content (AvgIpc) is 2.76. The molecular formula is C16H17N3O3S. The zero-order chi connectivity index (χ0) is 16.4. The molecule has 23 heavy (non-hydrogen) atoms. The molecule has 0 aliphatic heterocycles. The summed E-state index contributed by atoms with van der Waals surface area (Å²) in [5, 5.41) is 14.3. The number of carbonyl (C=O) groups is 1. The molecule has 1 amide bonds. The molecule has 0 radical (unpaired) electrons. The van der Waals surface area contributed by atoms with Crippen LogP contribution < -0.4 is 5.32 Å². The minimum Gasteiger partial charge on any atom is -0.298 e. The fourth-order valence-electron chi connectivity index (χ4n) is 2.70. The number of nitro benzene ring substituents is 1.